The second-order valence-electron chi connectivity index (χ2n) is 7.15. The first-order chi connectivity index (χ1) is 13.4. The fourth-order valence-corrected chi connectivity index (χ4v) is 5.24. The van der Waals surface area contributed by atoms with Gasteiger partial charge in [-0.25, -0.2) is 8.42 Å². The highest BCUT2D eigenvalue weighted by molar-refractivity contribution is 7.89. The van der Waals surface area contributed by atoms with Crippen molar-refractivity contribution in [2.45, 2.75) is 50.8 Å². The molecule has 0 heterocycles. The van der Waals surface area contributed by atoms with Crippen LogP contribution in [0.2, 0.25) is 0 Å². The van der Waals surface area contributed by atoms with Crippen LogP contribution in [0.15, 0.2) is 47.4 Å². The second kappa shape index (κ2) is 8.88. The number of anilines is 1. The summed E-state index contributed by atoms with van der Waals surface area (Å²) >= 11 is 0. The highest BCUT2D eigenvalue weighted by Gasteiger charge is 2.22. The molecule has 0 spiro atoms. The normalized spacial score (nSPS) is 14.0. The third-order valence-corrected chi connectivity index (χ3v) is 7.28. The van der Waals surface area contributed by atoms with E-state index in [1.54, 1.807) is 18.2 Å². The van der Waals surface area contributed by atoms with Crippen molar-refractivity contribution in [3.8, 4) is 0 Å². The van der Waals surface area contributed by atoms with E-state index in [4.69, 9.17) is 0 Å². The molecule has 0 aromatic heterocycles. The maximum atomic E-state index is 12.7. The van der Waals surface area contributed by atoms with Gasteiger partial charge in [0.1, 0.15) is 0 Å². The van der Waals surface area contributed by atoms with Crippen LogP contribution in [-0.2, 0) is 34.1 Å². The molecule has 1 aliphatic carbocycles. The minimum atomic E-state index is -3.55. The predicted octanol–water partition coefficient (Wildman–Crippen LogP) is 3.78. The lowest BCUT2D eigenvalue weighted by Crippen LogP contribution is -2.30. The van der Waals surface area contributed by atoms with E-state index in [1.807, 2.05) is 19.9 Å². The van der Waals surface area contributed by atoms with Crippen LogP contribution in [0.5, 0.6) is 0 Å². The van der Waals surface area contributed by atoms with E-state index < -0.39 is 10.0 Å². The molecule has 3 rings (SSSR count). The highest BCUT2D eigenvalue weighted by atomic mass is 32.2. The molecular formula is C22H28N2O3S. The lowest BCUT2D eigenvalue weighted by Gasteiger charge is -2.19. The monoisotopic (exact) mass is 400 g/mol. The Morgan fingerprint density at radius 1 is 1.00 bits per heavy atom. The Balaban J connectivity index is 1.71. The molecule has 5 nitrogen and oxygen atoms in total. The molecule has 6 heteroatoms. The van der Waals surface area contributed by atoms with Crippen molar-refractivity contribution in [3.63, 3.8) is 0 Å². The maximum absolute atomic E-state index is 12.7. The highest BCUT2D eigenvalue weighted by Crippen LogP contribution is 2.23. The molecule has 28 heavy (non-hydrogen) atoms. The zero-order valence-electron chi connectivity index (χ0n) is 16.6. The Bertz CT molecular complexity index is 950. The van der Waals surface area contributed by atoms with E-state index in [0.29, 0.717) is 18.8 Å². The third-order valence-electron chi connectivity index (χ3n) is 5.24. The van der Waals surface area contributed by atoms with Gasteiger partial charge in [-0.3, -0.25) is 4.79 Å². The largest absolute Gasteiger partial charge is 0.326 e. The zero-order valence-corrected chi connectivity index (χ0v) is 17.4. The van der Waals surface area contributed by atoms with Crippen LogP contribution >= 0.6 is 0 Å². The number of nitrogens with one attached hydrogen (secondary N) is 1. The predicted molar refractivity (Wildman–Crippen MR) is 112 cm³/mol. The molecule has 2 aromatic rings. The van der Waals surface area contributed by atoms with Crippen molar-refractivity contribution >= 4 is 21.6 Å². The van der Waals surface area contributed by atoms with E-state index in [1.165, 1.54) is 34.3 Å². The van der Waals surface area contributed by atoms with Gasteiger partial charge in [0.25, 0.3) is 0 Å². The topological polar surface area (TPSA) is 66.5 Å². The number of rotatable bonds is 7. The van der Waals surface area contributed by atoms with E-state index in [-0.39, 0.29) is 17.2 Å². The van der Waals surface area contributed by atoms with Gasteiger partial charge < -0.3 is 5.32 Å². The lowest BCUT2D eigenvalue weighted by atomic mass is 9.90. The molecule has 0 radical (unpaired) electrons. The van der Waals surface area contributed by atoms with Gasteiger partial charge in [-0.15, -0.1) is 0 Å². The van der Waals surface area contributed by atoms with Gasteiger partial charge in [0.15, 0.2) is 0 Å². The molecule has 1 N–H and O–H groups in total. The molecule has 2 aromatic carbocycles. The molecular weight excluding hydrogens is 372 g/mol. The van der Waals surface area contributed by atoms with E-state index in [9.17, 15) is 13.2 Å². The fraction of sp³-hybridized carbons (Fsp3) is 0.409. The van der Waals surface area contributed by atoms with Crippen molar-refractivity contribution < 1.29 is 13.2 Å². The summed E-state index contributed by atoms with van der Waals surface area (Å²) in [6, 6.07) is 12.7. The van der Waals surface area contributed by atoms with Gasteiger partial charge in [-0.05, 0) is 60.6 Å². The summed E-state index contributed by atoms with van der Waals surface area (Å²) in [7, 11) is -3.55. The van der Waals surface area contributed by atoms with Crippen LogP contribution in [0, 0.1) is 0 Å². The Morgan fingerprint density at radius 2 is 1.71 bits per heavy atom. The SMILES string of the molecule is CCN(CC)S(=O)(=O)c1cccc(NC(=O)Cc2ccc3c(c2)CCCC3)c1. The summed E-state index contributed by atoms with van der Waals surface area (Å²) in [5, 5.41) is 2.84. The summed E-state index contributed by atoms with van der Waals surface area (Å²) in [5.74, 6) is -0.145. The first-order valence-corrected chi connectivity index (χ1v) is 11.4. The average molecular weight is 401 g/mol. The molecule has 1 amide bonds. The number of aryl methyl sites for hydroxylation is 2. The van der Waals surface area contributed by atoms with Gasteiger partial charge in [0, 0.05) is 18.8 Å². The number of hydrogen-bond donors (Lipinski definition) is 1. The van der Waals surface area contributed by atoms with Gasteiger partial charge >= 0.3 is 0 Å². The number of hydrogen-bond acceptors (Lipinski definition) is 3. The van der Waals surface area contributed by atoms with Crippen LogP contribution in [0.4, 0.5) is 5.69 Å². The number of nitrogens with zero attached hydrogens (tertiary/aromatic N) is 1. The molecule has 0 saturated carbocycles. The average Bonchev–Trinajstić information content (AvgIpc) is 2.68. The number of carbonyl (C=O) groups excluding carboxylic acids is 1. The summed E-state index contributed by atoms with van der Waals surface area (Å²) < 4.78 is 26.8. The van der Waals surface area contributed by atoms with Crippen molar-refractivity contribution in [2.75, 3.05) is 18.4 Å². The number of carbonyl (C=O) groups is 1. The molecule has 0 unspecified atom stereocenters. The van der Waals surface area contributed by atoms with Crippen molar-refractivity contribution in [1.29, 1.82) is 0 Å². The Morgan fingerprint density at radius 3 is 2.43 bits per heavy atom. The van der Waals surface area contributed by atoms with Crippen LogP contribution < -0.4 is 5.32 Å². The summed E-state index contributed by atoms with van der Waals surface area (Å²) in [4.78, 5) is 12.7. The smallest absolute Gasteiger partial charge is 0.243 e. The van der Waals surface area contributed by atoms with Gasteiger partial charge in [-0.1, -0.05) is 38.1 Å². The minimum absolute atomic E-state index is 0.145. The number of benzene rings is 2. The van der Waals surface area contributed by atoms with Gasteiger partial charge in [-0.2, -0.15) is 4.31 Å². The van der Waals surface area contributed by atoms with Gasteiger partial charge in [0.2, 0.25) is 15.9 Å². The third kappa shape index (κ3) is 4.62. The summed E-state index contributed by atoms with van der Waals surface area (Å²) in [6.07, 6.45) is 4.92. The standard InChI is InChI=1S/C22H28N2O3S/c1-3-24(4-2)28(26,27)21-11-7-10-20(16-21)23-22(25)15-17-12-13-18-8-5-6-9-19(18)14-17/h7,10-14,16H,3-6,8-9,15H2,1-2H3,(H,23,25). The molecule has 0 fully saturated rings. The lowest BCUT2D eigenvalue weighted by molar-refractivity contribution is -0.115. The van der Waals surface area contributed by atoms with E-state index in [2.05, 4.69) is 17.4 Å². The molecule has 0 aliphatic heterocycles. The summed E-state index contributed by atoms with van der Waals surface area (Å²) in [5.41, 5.74) is 4.23. The first-order valence-electron chi connectivity index (χ1n) is 9.94. The molecule has 0 atom stereocenters. The Hall–Kier alpha value is -2.18. The molecule has 150 valence electrons. The van der Waals surface area contributed by atoms with Crippen LogP contribution in [-0.4, -0.2) is 31.7 Å². The number of sulfonamides is 1. The molecule has 0 bridgehead atoms. The van der Waals surface area contributed by atoms with Crippen molar-refractivity contribution in [2.24, 2.45) is 0 Å². The van der Waals surface area contributed by atoms with Crippen LogP contribution in [0.3, 0.4) is 0 Å². The minimum Gasteiger partial charge on any atom is -0.326 e. The zero-order chi connectivity index (χ0) is 20.1. The molecule has 0 saturated heterocycles. The van der Waals surface area contributed by atoms with E-state index in [0.717, 1.165) is 18.4 Å². The summed E-state index contributed by atoms with van der Waals surface area (Å²) in [6.45, 7) is 4.44. The number of fused-ring (bicyclic) bond motifs is 1. The van der Waals surface area contributed by atoms with Crippen LogP contribution in [0.25, 0.3) is 0 Å². The van der Waals surface area contributed by atoms with Gasteiger partial charge in [0.05, 0.1) is 11.3 Å². The van der Waals surface area contributed by atoms with Crippen LogP contribution in [0.1, 0.15) is 43.4 Å². The quantitative estimate of drug-likeness (QED) is 0.769. The Labute approximate surface area is 167 Å². The molecule has 1 aliphatic rings. The number of amides is 1. The second-order valence-corrected chi connectivity index (χ2v) is 9.09. The Kier molecular flexibility index (Phi) is 6.52. The fourth-order valence-electron chi connectivity index (χ4n) is 3.73. The maximum Gasteiger partial charge on any atom is 0.243 e. The first kappa shape index (κ1) is 20.6. The van der Waals surface area contributed by atoms with Crippen molar-refractivity contribution in [3.05, 3.63) is 59.2 Å². The van der Waals surface area contributed by atoms with E-state index >= 15 is 0 Å². The van der Waals surface area contributed by atoms with Crippen molar-refractivity contribution in [1.82, 2.24) is 4.31 Å².